The molecule has 0 saturated carbocycles. The topological polar surface area (TPSA) is 73.2 Å². The summed E-state index contributed by atoms with van der Waals surface area (Å²) < 4.78 is 7.26. The lowest BCUT2D eigenvalue weighted by atomic mass is 10.0. The van der Waals surface area contributed by atoms with E-state index in [1.165, 1.54) is 6.20 Å². The molecule has 0 radical (unpaired) electrons. The number of carbonyl (C=O) groups is 2. The number of aryl methyl sites for hydroxylation is 1. The van der Waals surface area contributed by atoms with E-state index in [4.69, 9.17) is 4.74 Å². The van der Waals surface area contributed by atoms with Gasteiger partial charge in [0.1, 0.15) is 18.4 Å². The second kappa shape index (κ2) is 6.48. The van der Waals surface area contributed by atoms with Gasteiger partial charge in [0.05, 0.1) is 23.0 Å². The summed E-state index contributed by atoms with van der Waals surface area (Å²) in [4.78, 5) is 25.4. The van der Waals surface area contributed by atoms with Gasteiger partial charge in [-0.05, 0) is 12.1 Å². The Bertz CT molecular complexity index is 979. The van der Waals surface area contributed by atoms with Crippen LogP contribution in [0.4, 0.5) is 0 Å². The monoisotopic (exact) mass is 347 g/mol. The number of ether oxygens (including phenoxy) is 1. The Kier molecular flexibility index (Phi) is 4.01. The molecule has 1 aromatic heterocycles. The first-order valence-electron chi connectivity index (χ1n) is 8.29. The van der Waals surface area contributed by atoms with Gasteiger partial charge in [-0.15, -0.1) is 0 Å². The summed E-state index contributed by atoms with van der Waals surface area (Å²) in [6.07, 6.45) is 1.51. The van der Waals surface area contributed by atoms with Crippen LogP contribution in [-0.2, 0) is 7.05 Å². The molecule has 2 heterocycles. The van der Waals surface area contributed by atoms with Crippen LogP contribution in [-0.4, -0.2) is 34.1 Å². The number of hydrogen-bond donors (Lipinski definition) is 1. The van der Waals surface area contributed by atoms with Gasteiger partial charge in [-0.1, -0.05) is 42.5 Å². The fourth-order valence-corrected chi connectivity index (χ4v) is 3.12. The molecule has 1 N–H and O–H groups in total. The highest BCUT2D eigenvalue weighted by atomic mass is 16.5. The van der Waals surface area contributed by atoms with E-state index in [0.29, 0.717) is 22.6 Å². The molecular weight excluding hydrogens is 330 g/mol. The highest BCUT2D eigenvalue weighted by Gasteiger charge is 2.31. The third-order valence-electron chi connectivity index (χ3n) is 4.41. The largest absolute Gasteiger partial charge is 0.490 e. The van der Waals surface area contributed by atoms with Crippen LogP contribution >= 0.6 is 0 Å². The molecule has 130 valence electrons. The number of aromatic nitrogens is 2. The zero-order valence-electron chi connectivity index (χ0n) is 14.2. The van der Waals surface area contributed by atoms with Crippen LogP contribution in [0.5, 0.6) is 5.75 Å². The van der Waals surface area contributed by atoms with Crippen LogP contribution in [0.25, 0.3) is 11.3 Å². The Morgan fingerprint density at radius 2 is 1.88 bits per heavy atom. The van der Waals surface area contributed by atoms with Gasteiger partial charge < -0.3 is 10.1 Å². The minimum atomic E-state index is -0.721. The predicted octanol–water partition coefficient (Wildman–Crippen LogP) is 2.46. The summed E-state index contributed by atoms with van der Waals surface area (Å²) in [5.41, 5.74) is 2.49. The molecule has 6 nitrogen and oxygen atoms in total. The first-order valence-corrected chi connectivity index (χ1v) is 8.29. The molecular formula is C20H17N3O3. The predicted molar refractivity (Wildman–Crippen MR) is 96.2 cm³/mol. The van der Waals surface area contributed by atoms with Crippen molar-refractivity contribution in [1.29, 1.82) is 0 Å². The van der Waals surface area contributed by atoms with E-state index >= 15 is 0 Å². The molecule has 1 unspecified atom stereocenters. The lowest BCUT2D eigenvalue weighted by molar-refractivity contribution is 0.0795. The first-order chi connectivity index (χ1) is 12.6. The maximum absolute atomic E-state index is 12.8. The molecule has 1 atom stereocenters. The van der Waals surface area contributed by atoms with E-state index in [2.05, 4.69) is 10.4 Å². The standard InChI is InChI=1S/C20H17N3O3/c1-23-18(13-7-3-2-4-8-13)15(11-21-23)20(25)22-16-12-26-17-10-6-5-9-14(17)19(16)24/h2-11,16H,12H2,1H3,(H,22,25). The molecule has 1 aliphatic heterocycles. The molecule has 3 aromatic rings. The highest BCUT2D eigenvalue weighted by molar-refractivity contribution is 6.07. The van der Waals surface area contributed by atoms with Crippen molar-refractivity contribution >= 4 is 11.7 Å². The van der Waals surface area contributed by atoms with Crippen molar-refractivity contribution in [2.45, 2.75) is 6.04 Å². The third kappa shape index (κ3) is 2.75. The van der Waals surface area contributed by atoms with Gasteiger partial charge in [0.2, 0.25) is 0 Å². The van der Waals surface area contributed by atoms with Gasteiger partial charge in [-0.25, -0.2) is 0 Å². The minimum absolute atomic E-state index is 0.114. The quantitative estimate of drug-likeness (QED) is 0.790. The van der Waals surface area contributed by atoms with Crippen LogP contribution in [0.15, 0.2) is 60.8 Å². The second-order valence-corrected chi connectivity index (χ2v) is 6.09. The van der Waals surface area contributed by atoms with Crippen molar-refractivity contribution in [3.63, 3.8) is 0 Å². The van der Waals surface area contributed by atoms with E-state index in [1.807, 2.05) is 36.4 Å². The fraction of sp³-hybridized carbons (Fsp3) is 0.150. The summed E-state index contributed by atoms with van der Waals surface area (Å²) in [6.45, 7) is 0.114. The molecule has 0 bridgehead atoms. The van der Waals surface area contributed by atoms with Gasteiger partial charge >= 0.3 is 0 Å². The summed E-state index contributed by atoms with van der Waals surface area (Å²) >= 11 is 0. The van der Waals surface area contributed by atoms with E-state index in [1.54, 1.807) is 29.9 Å². The summed E-state index contributed by atoms with van der Waals surface area (Å²) in [5.74, 6) is 0.0537. The SMILES string of the molecule is Cn1ncc(C(=O)NC2COc3ccccc3C2=O)c1-c1ccccc1. The van der Waals surface area contributed by atoms with E-state index in [0.717, 1.165) is 5.56 Å². The van der Waals surface area contributed by atoms with Crippen molar-refractivity contribution in [2.75, 3.05) is 6.61 Å². The van der Waals surface area contributed by atoms with Crippen molar-refractivity contribution in [3.8, 4) is 17.0 Å². The lowest BCUT2D eigenvalue weighted by Gasteiger charge is -2.24. The first kappa shape index (κ1) is 16.1. The van der Waals surface area contributed by atoms with Crippen molar-refractivity contribution < 1.29 is 14.3 Å². The van der Waals surface area contributed by atoms with Crippen LogP contribution < -0.4 is 10.1 Å². The van der Waals surface area contributed by atoms with Gasteiger partial charge in [0.15, 0.2) is 5.78 Å². The summed E-state index contributed by atoms with van der Waals surface area (Å²) in [7, 11) is 1.78. The zero-order chi connectivity index (χ0) is 18.1. The molecule has 0 aliphatic carbocycles. The maximum Gasteiger partial charge on any atom is 0.255 e. The number of ketones is 1. The fourth-order valence-electron chi connectivity index (χ4n) is 3.12. The smallest absolute Gasteiger partial charge is 0.255 e. The van der Waals surface area contributed by atoms with Crippen LogP contribution in [0.3, 0.4) is 0 Å². The summed E-state index contributed by atoms with van der Waals surface area (Å²) in [6, 6.07) is 15.9. The number of Topliss-reactive ketones (excluding diaryl/α,β-unsaturated/α-hetero) is 1. The summed E-state index contributed by atoms with van der Waals surface area (Å²) in [5, 5.41) is 6.98. The lowest BCUT2D eigenvalue weighted by Crippen LogP contribution is -2.47. The molecule has 0 fully saturated rings. The average Bonchev–Trinajstić information content (AvgIpc) is 3.06. The van der Waals surface area contributed by atoms with Crippen LogP contribution in [0, 0.1) is 0 Å². The van der Waals surface area contributed by atoms with Crippen LogP contribution in [0.2, 0.25) is 0 Å². The van der Waals surface area contributed by atoms with E-state index in [-0.39, 0.29) is 18.3 Å². The Labute approximate surface area is 150 Å². The number of para-hydroxylation sites is 1. The Morgan fingerprint density at radius 3 is 2.69 bits per heavy atom. The maximum atomic E-state index is 12.8. The Balaban J connectivity index is 1.60. The molecule has 4 rings (SSSR count). The van der Waals surface area contributed by atoms with Crippen LogP contribution in [0.1, 0.15) is 20.7 Å². The number of nitrogens with one attached hydrogen (secondary N) is 1. The number of fused-ring (bicyclic) bond motifs is 1. The van der Waals surface area contributed by atoms with E-state index in [9.17, 15) is 9.59 Å². The molecule has 1 amide bonds. The van der Waals surface area contributed by atoms with Gasteiger partial charge in [-0.3, -0.25) is 14.3 Å². The minimum Gasteiger partial charge on any atom is -0.490 e. The molecule has 0 spiro atoms. The van der Waals surface area contributed by atoms with Gasteiger partial charge in [0.25, 0.3) is 5.91 Å². The number of benzene rings is 2. The highest BCUT2D eigenvalue weighted by Crippen LogP contribution is 2.26. The van der Waals surface area contributed by atoms with Crippen molar-refractivity contribution in [1.82, 2.24) is 15.1 Å². The normalized spacial score (nSPS) is 15.9. The zero-order valence-corrected chi connectivity index (χ0v) is 14.2. The Hall–Kier alpha value is -3.41. The molecule has 2 aromatic carbocycles. The molecule has 6 heteroatoms. The molecule has 1 aliphatic rings. The number of hydrogen-bond acceptors (Lipinski definition) is 4. The van der Waals surface area contributed by atoms with Gasteiger partial charge in [0, 0.05) is 12.6 Å². The molecule has 26 heavy (non-hydrogen) atoms. The second-order valence-electron chi connectivity index (χ2n) is 6.09. The number of rotatable bonds is 3. The van der Waals surface area contributed by atoms with E-state index < -0.39 is 6.04 Å². The van der Waals surface area contributed by atoms with Crippen molar-refractivity contribution in [2.24, 2.45) is 7.05 Å². The Morgan fingerprint density at radius 1 is 1.15 bits per heavy atom. The average molecular weight is 347 g/mol. The van der Waals surface area contributed by atoms with Gasteiger partial charge in [-0.2, -0.15) is 5.10 Å². The molecule has 0 saturated heterocycles. The third-order valence-corrected chi connectivity index (χ3v) is 4.41. The number of nitrogens with zero attached hydrogens (tertiary/aromatic N) is 2. The van der Waals surface area contributed by atoms with Crippen molar-refractivity contribution in [3.05, 3.63) is 71.9 Å². The number of amides is 1. The number of carbonyl (C=O) groups excluding carboxylic acids is 2.